The Labute approximate surface area is 674 Å². The molecule has 0 spiro atoms. The largest absolute Gasteiger partial charge is 0.495 e. The lowest BCUT2D eigenvalue weighted by Crippen LogP contribution is -2.19. The lowest BCUT2D eigenvalue weighted by Gasteiger charge is -2.20. The molecule has 10 N–H and O–H groups in total. The van der Waals surface area contributed by atoms with E-state index < -0.39 is 0 Å². The second-order valence-corrected chi connectivity index (χ2v) is 31.2. The predicted octanol–water partition coefficient (Wildman–Crippen LogP) is 17.8. The lowest BCUT2D eigenvalue weighted by atomic mass is 9.90. The van der Waals surface area contributed by atoms with Crippen molar-refractivity contribution < 1.29 is 23.7 Å². The van der Waals surface area contributed by atoms with Crippen molar-refractivity contribution in [3.8, 4) is 85.0 Å². The fourth-order valence-electron chi connectivity index (χ4n) is 15.2. The Hall–Kier alpha value is -7.64. The third-order valence-electron chi connectivity index (χ3n) is 19.9. The first-order valence-corrected chi connectivity index (χ1v) is 39.3. The Kier molecular flexibility index (Phi) is 23.6. The molecule has 18 rings (SSSR count). The van der Waals surface area contributed by atoms with Crippen molar-refractivity contribution in [1.82, 2.24) is 54.7 Å². The average molecular weight is 1660 g/mol. The van der Waals surface area contributed by atoms with Gasteiger partial charge in [0, 0.05) is 127 Å². The molecule has 5 aliphatic carbocycles. The third-order valence-corrected chi connectivity index (χ3v) is 22.9. The van der Waals surface area contributed by atoms with Crippen LogP contribution in [0, 0.1) is 0 Å². The fraction of sp³-hybridized carbons (Fsp3) is 0.351. The summed E-state index contributed by atoms with van der Waals surface area (Å²) in [6, 6.07) is 12.2. The van der Waals surface area contributed by atoms with Gasteiger partial charge < -0.3 is 57.3 Å². The van der Waals surface area contributed by atoms with Crippen LogP contribution < -0.4 is 52.4 Å². The van der Waals surface area contributed by atoms with E-state index in [0.29, 0.717) is 106 Å². The van der Waals surface area contributed by atoms with Gasteiger partial charge in [-0.25, -0.2) is 49.8 Å². The van der Waals surface area contributed by atoms with E-state index in [0.717, 1.165) is 269 Å². The Morgan fingerprint density at radius 2 is 0.611 bits per heavy atom. The smallest absolute Gasteiger partial charge is 0.220 e. The van der Waals surface area contributed by atoms with Gasteiger partial charge in [-0.05, 0) is 159 Å². The SMILES string of the molecule is CN(C)CCOc1cc(-c2nc(N)nc3c2CCC3)c(Cl)cc1Cl.COc1cc(-c2nc(N)nc3c2CCC3)c(Cl)cc1Cl.Nc1nc2c(c(-c3c(Cl)cc(Cl)c4c3CCO4)n1)CCC2.Nc1nc2c(c(-c3c(Cl)cc(Cl)c4c3CCO4)n1)CCC2.Nc1nc2c(c(-c3c(Cl)cc(Cl)c4c3CCO4)n1)CCCC2. The number of hydrogen-bond donors (Lipinski definition) is 5. The number of likely N-dealkylation sites (N-methyl/N-ethyl adjacent to an activating group) is 1. The summed E-state index contributed by atoms with van der Waals surface area (Å²) in [6.45, 7) is 3.18. The molecule has 0 saturated carbocycles. The minimum Gasteiger partial charge on any atom is -0.495 e. The van der Waals surface area contributed by atoms with Gasteiger partial charge >= 0.3 is 0 Å². The van der Waals surface area contributed by atoms with Gasteiger partial charge in [-0.2, -0.15) is 0 Å². The van der Waals surface area contributed by atoms with Crippen LogP contribution in [0.25, 0.3) is 56.3 Å². The van der Waals surface area contributed by atoms with E-state index in [1.807, 2.05) is 25.1 Å². The number of aryl methyl sites for hydroxylation is 5. The van der Waals surface area contributed by atoms with Gasteiger partial charge in [0.25, 0.3) is 0 Å². The van der Waals surface area contributed by atoms with Crippen molar-refractivity contribution in [2.24, 2.45) is 0 Å². The quantitative estimate of drug-likeness (QED) is 0.0849. The van der Waals surface area contributed by atoms with Crippen LogP contribution in [0.5, 0.6) is 28.7 Å². The molecule has 5 aromatic carbocycles. The second-order valence-electron chi connectivity index (χ2n) is 27.1. The minimum absolute atomic E-state index is 0.269. The Morgan fingerprint density at radius 3 is 0.954 bits per heavy atom. The van der Waals surface area contributed by atoms with Crippen LogP contribution in [0.2, 0.25) is 50.2 Å². The molecule has 0 atom stereocenters. The van der Waals surface area contributed by atoms with E-state index >= 15 is 0 Å². The maximum absolute atomic E-state index is 6.50. The van der Waals surface area contributed by atoms with Crippen LogP contribution in [-0.2, 0) is 83.5 Å². The fourth-order valence-corrected chi connectivity index (χ4v) is 18.2. The van der Waals surface area contributed by atoms with Crippen molar-refractivity contribution in [3.63, 3.8) is 0 Å². The Balaban J connectivity index is 0.000000113. The zero-order chi connectivity index (χ0) is 75.9. The normalized spacial score (nSPS) is 14.8. The number of nitrogens with two attached hydrogens (primary N) is 5. The molecule has 31 heteroatoms. The summed E-state index contributed by atoms with van der Waals surface area (Å²) in [5.41, 5.74) is 51.7. The molecule has 0 fully saturated rings. The molecule has 0 radical (unpaired) electrons. The zero-order valence-electron chi connectivity index (χ0n) is 59.1. The number of methoxy groups -OCH3 is 1. The number of ether oxygens (including phenoxy) is 5. The van der Waals surface area contributed by atoms with Crippen molar-refractivity contribution >= 4 is 146 Å². The molecule has 562 valence electrons. The molecule has 10 aromatic rings. The van der Waals surface area contributed by atoms with Crippen LogP contribution in [-0.4, -0.2) is 109 Å². The number of fused-ring (bicyclic) bond motifs is 8. The minimum atomic E-state index is 0.269. The predicted molar refractivity (Wildman–Crippen MR) is 432 cm³/mol. The van der Waals surface area contributed by atoms with Crippen LogP contribution in [0.15, 0.2) is 42.5 Å². The van der Waals surface area contributed by atoms with Gasteiger partial charge in [-0.1, -0.05) is 116 Å². The summed E-state index contributed by atoms with van der Waals surface area (Å²) in [4.78, 5) is 46.0. The number of hydrogen-bond acceptors (Lipinski definition) is 21. The van der Waals surface area contributed by atoms with Crippen LogP contribution in [0.3, 0.4) is 0 Å². The highest BCUT2D eigenvalue weighted by Crippen LogP contribution is 2.51. The first-order valence-electron chi connectivity index (χ1n) is 35.5. The number of rotatable bonds is 10. The lowest BCUT2D eigenvalue weighted by molar-refractivity contribution is 0.261. The molecule has 8 heterocycles. The number of anilines is 5. The molecule has 0 amide bonds. The Bertz CT molecular complexity index is 5100. The monoisotopic (exact) mass is 1650 g/mol. The van der Waals surface area contributed by atoms with Crippen LogP contribution >= 0.6 is 116 Å². The van der Waals surface area contributed by atoms with Gasteiger partial charge in [0.2, 0.25) is 29.7 Å². The molecule has 0 bridgehead atoms. The van der Waals surface area contributed by atoms with Crippen LogP contribution in [0.1, 0.15) is 112 Å². The summed E-state index contributed by atoms with van der Waals surface area (Å²) in [7, 11) is 5.55. The highest BCUT2D eigenvalue weighted by Gasteiger charge is 2.33. The van der Waals surface area contributed by atoms with Crippen molar-refractivity contribution in [1.29, 1.82) is 0 Å². The second kappa shape index (κ2) is 33.1. The standard InChI is InChI=1S/C17H20Cl2N4O.C16H15Cl2N3O.2C15H13Cl2N3O.C14H13Cl2N3O/c1-23(2)6-7-24-15-8-11(12(18)9-13(15)19)16-10-4-3-5-14(10)21-17(20)22-16;17-10-7-11(18)15-9(5-6-22-15)13(10)14-8-3-1-2-4-12(8)20-16(19)21-14;2*16-9-6-10(17)14-8(4-5-21-14)12(9)13-7-2-1-3-11(7)19-15(18)20-13;1-20-12-5-8(9(15)6-10(12)16)13-7-3-2-4-11(7)18-14(17)19-13/h8-9H,3-7H2,1-2H3,(H2,20,21,22);7H,1-6H2,(H2,19,20,21);2*6H,1-5H2,(H2,18,19,20);5-6H,2-4H2,1H3,(H2,17,18,19). The number of nitrogens with zero attached hydrogens (tertiary/aromatic N) is 11. The molecule has 5 aromatic heterocycles. The first-order chi connectivity index (χ1) is 52.0. The zero-order valence-corrected chi connectivity index (χ0v) is 66.7. The number of aromatic nitrogens is 10. The van der Waals surface area contributed by atoms with Crippen molar-refractivity contribution in [2.45, 2.75) is 122 Å². The Morgan fingerprint density at radius 1 is 0.324 bits per heavy atom. The molecular formula is C77H74Cl10N16O5. The molecule has 21 nitrogen and oxygen atoms in total. The molecular weight excluding hydrogens is 1580 g/mol. The molecule has 8 aliphatic rings. The van der Waals surface area contributed by atoms with E-state index in [1.165, 1.54) is 5.56 Å². The number of benzene rings is 5. The van der Waals surface area contributed by atoms with Crippen LogP contribution in [0.4, 0.5) is 29.7 Å². The topological polar surface area (TPSA) is 308 Å². The highest BCUT2D eigenvalue weighted by molar-refractivity contribution is 6.40. The van der Waals surface area contributed by atoms with Gasteiger partial charge in [0.1, 0.15) is 35.4 Å². The molecule has 108 heavy (non-hydrogen) atoms. The summed E-state index contributed by atoms with van der Waals surface area (Å²) >= 11 is 63.2. The van der Waals surface area contributed by atoms with Gasteiger partial charge in [0.15, 0.2) is 0 Å². The van der Waals surface area contributed by atoms with Gasteiger partial charge in [0.05, 0.1) is 106 Å². The molecule has 0 saturated heterocycles. The van der Waals surface area contributed by atoms with Crippen molar-refractivity contribution in [2.75, 3.05) is 82.8 Å². The van der Waals surface area contributed by atoms with Gasteiger partial charge in [-0.3, -0.25) is 0 Å². The van der Waals surface area contributed by atoms with E-state index in [-0.39, 0.29) is 11.9 Å². The molecule has 3 aliphatic heterocycles. The van der Waals surface area contributed by atoms with E-state index in [1.54, 1.807) is 43.5 Å². The van der Waals surface area contributed by atoms with E-state index in [2.05, 4.69) is 49.8 Å². The van der Waals surface area contributed by atoms with E-state index in [4.69, 9.17) is 168 Å². The molecule has 0 unspecified atom stereocenters. The third kappa shape index (κ3) is 16.0. The maximum Gasteiger partial charge on any atom is 0.220 e. The average Bonchev–Trinajstić information content (AvgIpc) is 1.53. The summed E-state index contributed by atoms with van der Waals surface area (Å²) in [5.74, 6) is 4.76. The van der Waals surface area contributed by atoms with Gasteiger partial charge in [-0.15, -0.1) is 0 Å². The summed E-state index contributed by atoms with van der Waals surface area (Å²) in [5, 5.41) is 5.46. The van der Waals surface area contributed by atoms with Crippen molar-refractivity contribution in [3.05, 3.63) is 166 Å². The summed E-state index contributed by atoms with van der Waals surface area (Å²) < 4.78 is 28.0. The summed E-state index contributed by atoms with van der Waals surface area (Å²) in [6.07, 6.45) is 18.3. The van der Waals surface area contributed by atoms with E-state index in [9.17, 15) is 0 Å². The first kappa shape index (κ1) is 77.1. The highest BCUT2D eigenvalue weighted by atomic mass is 35.5. The number of nitrogen functional groups attached to an aromatic ring is 5. The number of halogens is 10. The maximum atomic E-state index is 6.50.